The van der Waals surface area contributed by atoms with E-state index in [9.17, 15) is 9.18 Å². The Morgan fingerprint density at radius 3 is 2.47 bits per heavy atom. The van der Waals surface area contributed by atoms with Gasteiger partial charge >= 0.3 is 5.97 Å². The van der Waals surface area contributed by atoms with Gasteiger partial charge in [0.25, 0.3) is 0 Å². The van der Waals surface area contributed by atoms with Gasteiger partial charge in [-0.25, -0.2) is 4.39 Å². The van der Waals surface area contributed by atoms with Gasteiger partial charge in [-0.3, -0.25) is 4.79 Å². The molecule has 0 aliphatic carbocycles. The third kappa shape index (κ3) is 2.96. The highest BCUT2D eigenvalue weighted by atomic mass is 19.1. The van der Waals surface area contributed by atoms with Gasteiger partial charge in [-0.2, -0.15) is 0 Å². The number of halogens is 1. The lowest BCUT2D eigenvalue weighted by Crippen LogP contribution is -2.26. The third-order valence-electron chi connectivity index (χ3n) is 2.76. The normalized spacial score (nSPS) is 11.4. The number of para-hydroxylation sites is 1. The fourth-order valence-corrected chi connectivity index (χ4v) is 1.99. The molecule has 0 aliphatic rings. The van der Waals surface area contributed by atoms with Crippen LogP contribution < -0.4 is 4.90 Å². The van der Waals surface area contributed by atoms with E-state index in [4.69, 9.17) is 5.11 Å². The van der Waals surface area contributed by atoms with E-state index in [0.717, 1.165) is 0 Å². The smallest absolute Gasteiger partial charge is 0.304 e. The molecule has 1 rings (SSSR count). The molecule has 94 valence electrons. The van der Waals surface area contributed by atoms with Crippen molar-refractivity contribution in [1.29, 1.82) is 0 Å². The Morgan fingerprint density at radius 2 is 2.00 bits per heavy atom. The van der Waals surface area contributed by atoms with Crippen LogP contribution in [0.3, 0.4) is 0 Å². The zero-order valence-electron chi connectivity index (χ0n) is 10.6. The Labute approximate surface area is 101 Å². The number of anilines is 1. The average molecular weight is 239 g/mol. The Balaban J connectivity index is 3.30. The molecular formula is C13H18FNO2. The fraction of sp³-hybridized carbons (Fsp3) is 0.462. The van der Waals surface area contributed by atoms with Crippen molar-refractivity contribution >= 4 is 11.7 Å². The number of benzene rings is 1. The average Bonchev–Trinajstić information content (AvgIpc) is 2.14. The monoisotopic (exact) mass is 239 g/mol. The van der Waals surface area contributed by atoms with E-state index in [1.165, 1.54) is 6.07 Å². The first-order valence-electron chi connectivity index (χ1n) is 5.44. The first-order valence-corrected chi connectivity index (χ1v) is 5.44. The lowest BCUT2D eigenvalue weighted by Gasteiger charge is -2.29. The highest BCUT2D eigenvalue weighted by Crippen LogP contribution is 2.35. The molecule has 4 heteroatoms. The highest BCUT2D eigenvalue weighted by molar-refractivity contribution is 5.70. The maximum atomic E-state index is 13.8. The first kappa shape index (κ1) is 13.5. The van der Waals surface area contributed by atoms with E-state index >= 15 is 0 Å². The van der Waals surface area contributed by atoms with Gasteiger partial charge in [-0.15, -0.1) is 0 Å². The van der Waals surface area contributed by atoms with Crippen LogP contribution in [0.15, 0.2) is 18.2 Å². The van der Waals surface area contributed by atoms with E-state index in [0.29, 0.717) is 11.3 Å². The van der Waals surface area contributed by atoms with Crippen molar-refractivity contribution in [2.24, 2.45) is 0 Å². The van der Waals surface area contributed by atoms with Crippen LogP contribution in [-0.2, 0) is 10.2 Å². The van der Waals surface area contributed by atoms with Crippen molar-refractivity contribution in [3.8, 4) is 0 Å². The van der Waals surface area contributed by atoms with Gasteiger partial charge in [0.2, 0.25) is 0 Å². The quantitative estimate of drug-likeness (QED) is 0.878. The second kappa shape index (κ2) is 4.73. The molecule has 3 nitrogen and oxygen atoms in total. The maximum Gasteiger partial charge on any atom is 0.304 e. The summed E-state index contributed by atoms with van der Waals surface area (Å²) in [6, 6.07) is 4.78. The molecule has 0 aliphatic heterocycles. The van der Waals surface area contributed by atoms with Gasteiger partial charge in [0.15, 0.2) is 0 Å². The molecule has 17 heavy (non-hydrogen) atoms. The number of hydrogen-bond acceptors (Lipinski definition) is 2. The minimum Gasteiger partial charge on any atom is -0.481 e. The van der Waals surface area contributed by atoms with Crippen molar-refractivity contribution in [2.45, 2.75) is 25.7 Å². The van der Waals surface area contributed by atoms with Crippen LogP contribution in [0.1, 0.15) is 25.8 Å². The molecule has 0 heterocycles. The number of carbonyl (C=O) groups is 1. The number of carboxylic acids is 1. The molecule has 0 unspecified atom stereocenters. The summed E-state index contributed by atoms with van der Waals surface area (Å²) >= 11 is 0. The maximum absolute atomic E-state index is 13.8. The van der Waals surface area contributed by atoms with Crippen LogP contribution >= 0.6 is 0 Å². The number of nitrogens with zero attached hydrogens (tertiary/aromatic N) is 1. The first-order chi connectivity index (χ1) is 7.75. The second-order valence-electron chi connectivity index (χ2n) is 4.98. The molecule has 0 radical (unpaired) electrons. The number of hydrogen-bond donors (Lipinski definition) is 1. The summed E-state index contributed by atoms with van der Waals surface area (Å²) in [6.45, 7) is 3.62. The Morgan fingerprint density at radius 1 is 1.41 bits per heavy atom. The van der Waals surface area contributed by atoms with Crippen LogP contribution in [-0.4, -0.2) is 25.2 Å². The van der Waals surface area contributed by atoms with E-state index < -0.39 is 11.4 Å². The number of rotatable bonds is 4. The lowest BCUT2D eigenvalue weighted by atomic mass is 9.80. The number of carboxylic acid groups (broad SMARTS) is 1. The van der Waals surface area contributed by atoms with Crippen LogP contribution in [0.2, 0.25) is 0 Å². The van der Waals surface area contributed by atoms with Crippen LogP contribution in [0.25, 0.3) is 0 Å². The van der Waals surface area contributed by atoms with Gasteiger partial charge in [0.1, 0.15) is 5.82 Å². The molecule has 0 bridgehead atoms. The molecule has 0 aromatic heterocycles. The highest BCUT2D eigenvalue weighted by Gasteiger charge is 2.28. The van der Waals surface area contributed by atoms with Gasteiger partial charge in [0.05, 0.1) is 12.1 Å². The van der Waals surface area contributed by atoms with Crippen LogP contribution in [0.4, 0.5) is 10.1 Å². The Kier molecular flexibility index (Phi) is 3.76. The number of aliphatic carboxylic acids is 1. The molecule has 0 saturated carbocycles. The van der Waals surface area contributed by atoms with Crippen molar-refractivity contribution in [2.75, 3.05) is 19.0 Å². The minimum absolute atomic E-state index is 0.0305. The summed E-state index contributed by atoms with van der Waals surface area (Å²) in [4.78, 5) is 12.5. The predicted octanol–water partition coefficient (Wildman–Crippen LogP) is 2.64. The zero-order valence-corrected chi connectivity index (χ0v) is 10.6. The SMILES string of the molecule is CN(C)c1c(F)cccc1C(C)(C)CC(=O)O. The van der Waals surface area contributed by atoms with Crippen LogP contribution in [0, 0.1) is 5.82 Å². The van der Waals surface area contributed by atoms with E-state index in [-0.39, 0.29) is 12.2 Å². The van der Waals surface area contributed by atoms with Crippen LogP contribution in [0.5, 0.6) is 0 Å². The molecule has 0 saturated heterocycles. The summed E-state index contributed by atoms with van der Waals surface area (Å²) in [5, 5.41) is 8.90. The molecule has 0 amide bonds. The zero-order chi connectivity index (χ0) is 13.2. The summed E-state index contributed by atoms with van der Waals surface area (Å²) in [5.41, 5.74) is 0.566. The molecule has 1 aromatic carbocycles. The van der Waals surface area contributed by atoms with E-state index in [1.54, 1.807) is 31.1 Å². The molecule has 1 N–H and O–H groups in total. The van der Waals surface area contributed by atoms with Crippen molar-refractivity contribution in [3.05, 3.63) is 29.6 Å². The van der Waals surface area contributed by atoms with Crippen molar-refractivity contribution < 1.29 is 14.3 Å². The third-order valence-corrected chi connectivity index (χ3v) is 2.76. The predicted molar refractivity (Wildman–Crippen MR) is 66.0 cm³/mol. The molecule has 0 spiro atoms. The van der Waals surface area contributed by atoms with Crippen molar-refractivity contribution in [3.63, 3.8) is 0 Å². The summed E-state index contributed by atoms with van der Waals surface area (Å²) in [5.74, 6) is -1.21. The lowest BCUT2D eigenvalue weighted by molar-refractivity contribution is -0.138. The van der Waals surface area contributed by atoms with Crippen molar-refractivity contribution in [1.82, 2.24) is 0 Å². The summed E-state index contributed by atoms with van der Waals surface area (Å²) in [6.07, 6.45) is -0.0305. The van der Waals surface area contributed by atoms with E-state index in [1.807, 2.05) is 13.8 Å². The second-order valence-corrected chi connectivity index (χ2v) is 4.98. The summed E-state index contributed by atoms with van der Waals surface area (Å²) < 4.78 is 13.8. The van der Waals surface area contributed by atoms with E-state index in [2.05, 4.69) is 0 Å². The molecular weight excluding hydrogens is 221 g/mol. The Bertz CT molecular complexity index is 427. The van der Waals surface area contributed by atoms with Gasteiger partial charge in [-0.1, -0.05) is 26.0 Å². The van der Waals surface area contributed by atoms with Gasteiger partial charge < -0.3 is 10.0 Å². The summed E-state index contributed by atoms with van der Waals surface area (Å²) in [7, 11) is 3.50. The van der Waals surface area contributed by atoms with Gasteiger partial charge in [-0.05, 0) is 11.6 Å². The largest absolute Gasteiger partial charge is 0.481 e. The molecule has 0 fully saturated rings. The molecule has 0 atom stereocenters. The Hall–Kier alpha value is -1.58. The topological polar surface area (TPSA) is 40.5 Å². The fourth-order valence-electron chi connectivity index (χ4n) is 1.99. The molecule has 1 aromatic rings. The minimum atomic E-state index is -0.885. The standard InChI is InChI=1S/C13H18FNO2/c1-13(2,8-11(16)17)9-6-5-7-10(14)12(9)15(3)4/h5-7H,8H2,1-4H3,(H,16,17). The van der Waals surface area contributed by atoms with Gasteiger partial charge in [0, 0.05) is 19.5 Å².